The summed E-state index contributed by atoms with van der Waals surface area (Å²) in [5, 5.41) is 3.73. The molecule has 0 aliphatic heterocycles. The second kappa shape index (κ2) is 7.65. The van der Waals surface area contributed by atoms with Crippen molar-refractivity contribution in [2.24, 2.45) is 0 Å². The predicted octanol–water partition coefficient (Wildman–Crippen LogP) is 3.17. The Morgan fingerprint density at radius 3 is 2.55 bits per heavy atom. The van der Waals surface area contributed by atoms with Gasteiger partial charge in [-0.3, -0.25) is 0 Å². The summed E-state index contributed by atoms with van der Waals surface area (Å²) in [5.41, 5.74) is 1.38. The minimum atomic E-state index is 0.460. The Morgan fingerprint density at radius 2 is 1.95 bits per heavy atom. The van der Waals surface area contributed by atoms with E-state index in [-0.39, 0.29) is 0 Å². The summed E-state index contributed by atoms with van der Waals surface area (Å²) in [6, 6.07) is 9.56. The van der Waals surface area contributed by atoms with E-state index in [1.807, 2.05) is 19.2 Å². The number of benzene rings is 1. The minimum Gasteiger partial charge on any atom is -0.497 e. The molecule has 0 saturated heterocycles. The fraction of sp³-hybridized carbons (Fsp3) is 0.647. The normalized spacial score (nSPS) is 23.8. The van der Waals surface area contributed by atoms with Gasteiger partial charge in [-0.1, -0.05) is 12.1 Å². The molecule has 0 heterocycles. The Labute approximate surface area is 122 Å². The van der Waals surface area contributed by atoms with E-state index in [2.05, 4.69) is 24.4 Å². The van der Waals surface area contributed by atoms with Crippen molar-refractivity contribution in [1.82, 2.24) is 5.32 Å². The molecule has 0 spiro atoms. The highest BCUT2D eigenvalue weighted by molar-refractivity contribution is 5.27. The van der Waals surface area contributed by atoms with Gasteiger partial charge < -0.3 is 14.8 Å². The van der Waals surface area contributed by atoms with E-state index in [4.69, 9.17) is 9.47 Å². The van der Waals surface area contributed by atoms with Gasteiger partial charge in [0.2, 0.25) is 0 Å². The predicted molar refractivity (Wildman–Crippen MR) is 82.3 cm³/mol. The van der Waals surface area contributed by atoms with E-state index in [0.29, 0.717) is 18.2 Å². The van der Waals surface area contributed by atoms with E-state index in [0.717, 1.165) is 18.6 Å². The number of rotatable bonds is 7. The summed E-state index contributed by atoms with van der Waals surface area (Å²) < 4.78 is 10.6. The van der Waals surface area contributed by atoms with Gasteiger partial charge in [0.15, 0.2) is 0 Å². The Bertz CT molecular complexity index is 390. The Balaban J connectivity index is 1.70. The van der Waals surface area contributed by atoms with Gasteiger partial charge in [-0.25, -0.2) is 0 Å². The van der Waals surface area contributed by atoms with Gasteiger partial charge in [0, 0.05) is 19.2 Å². The van der Waals surface area contributed by atoms with Crippen LogP contribution in [0.2, 0.25) is 0 Å². The van der Waals surface area contributed by atoms with Crippen LogP contribution in [0.25, 0.3) is 0 Å². The molecule has 3 nitrogen and oxygen atoms in total. The lowest BCUT2D eigenvalue weighted by molar-refractivity contribution is 0.106. The van der Waals surface area contributed by atoms with Gasteiger partial charge in [-0.2, -0.15) is 0 Å². The highest BCUT2D eigenvalue weighted by atomic mass is 16.5. The topological polar surface area (TPSA) is 30.5 Å². The van der Waals surface area contributed by atoms with Crippen molar-refractivity contribution in [3.8, 4) is 5.75 Å². The number of nitrogens with one attached hydrogen (secondary N) is 1. The first kappa shape index (κ1) is 15.3. The van der Waals surface area contributed by atoms with Crippen molar-refractivity contribution in [2.75, 3.05) is 14.2 Å². The molecule has 1 aliphatic carbocycles. The van der Waals surface area contributed by atoms with Gasteiger partial charge >= 0.3 is 0 Å². The largest absolute Gasteiger partial charge is 0.497 e. The van der Waals surface area contributed by atoms with Gasteiger partial charge in [0.1, 0.15) is 5.75 Å². The average Bonchev–Trinajstić information content (AvgIpc) is 2.93. The Hall–Kier alpha value is -1.06. The number of hydrogen-bond donors (Lipinski definition) is 1. The van der Waals surface area contributed by atoms with E-state index in [1.54, 1.807) is 7.11 Å². The first-order valence-corrected chi connectivity index (χ1v) is 7.63. The maximum Gasteiger partial charge on any atom is 0.118 e. The van der Waals surface area contributed by atoms with Gasteiger partial charge in [-0.05, 0) is 56.7 Å². The van der Waals surface area contributed by atoms with Crippen LogP contribution in [0.1, 0.15) is 38.2 Å². The lowest BCUT2D eigenvalue weighted by Crippen LogP contribution is -2.35. The maximum atomic E-state index is 5.42. The molecule has 112 valence electrons. The maximum absolute atomic E-state index is 5.42. The molecule has 3 unspecified atom stereocenters. The summed E-state index contributed by atoms with van der Waals surface area (Å²) in [6.45, 7) is 2.28. The van der Waals surface area contributed by atoms with Crippen molar-refractivity contribution in [1.29, 1.82) is 0 Å². The first-order valence-electron chi connectivity index (χ1n) is 7.63. The number of methoxy groups -OCH3 is 2. The lowest BCUT2D eigenvalue weighted by atomic mass is 10.1. The molecule has 1 N–H and O–H groups in total. The van der Waals surface area contributed by atoms with E-state index in [9.17, 15) is 0 Å². The third kappa shape index (κ3) is 4.50. The number of hydrogen-bond acceptors (Lipinski definition) is 3. The molecule has 1 aliphatic rings. The average molecular weight is 277 g/mol. The molecule has 0 bridgehead atoms. The Morgan fingerprint density at radius 1 is 1.20 bits per heavy atom. The van der Waals surface area contributed by atoms with Crippen LogP contribution < -0.4 is 10.1 Å². The highest BCUT2D eigenvalue weighted by Gasteiger charge is 2.24. The van der Waals surface area contributed by atoms with Gasteiger partial charge in [0.05, 0.1) is 13.2 Å². The molecule has 2 rings (SSSR count). The van der Waals surface area contributed by atoms with E-state index < -0.39 is 0 Å². The third-order valence-electron chi connectivity index (χ3n) is 4.26. The van der Waals surface area contributed by atoms with Crippen LogP contribution in [-0.2, 0) is 11.2 Å². The van der Waals surface area contributed by atoms with Crippen LogP contribution in [0, 0.1) is 0 Å². The number of aryl methyl sites for hydroxylation is 1. The van der Waals surface area contributed by atoms with Crippen molar-refractivity contribution in [2.45, 2.75) is 57.2 Å². The summed E-state index contributed by atoms with van der Waals surface area (Å²) in [7, 11) is 3.52. The molecule has 0 aromatic heterocycles. The highest BCUT2D eigenvalue weighted by Crippen LogP contribution is 2.22. The standard InChI is InChI=1S/C17H27NO2/c1-13(18-15-8-11-17(12-15)20-3)4-5-14-6-9-16(19-2)10-7-14/h6-7,9-10,13,15,17-18H,4-5,8,11-12H2,1-3H3. The molecule has 0 radical (unpaired) electrons. The quantitative estimate of drug-likeness (QED) is 0.830. The molecule has 20 heavy (non-hydrogen) atoms. The number of ether oxygens (including phenoxy) is 2. The molecular formula is C17H27NO2. The zero-order valence-electron chi connectivity index (χ0n) is 12.9. The summed E-state index contributed by atoms with van der Waals surface area (Å²) in [6.07, 6.45) is 6.33. The Kier molecular flexibility index (Phi) is 5.86. The molecule has 3 heteroatoms. The first-order chi connectivity index (χ1) is 9.71. The third-order valence-corrected chi connectivity index (χ3v) is 4.26. The monoisotopic (exact) mass is 277 g/mol. The second-order valence-electron chi connectivity index (χ2n) is 5.82. The van der Waals surface area contributed by atoms with Crippen molar-refractivity contribution in [3.05, 3.63) is 29.8 Å². The van der Waals surface area contributed by atoms with Crippen LogP contribution >= 0.6 is 0 Å². The fourth-order valence-electron chi connectivity index (χ4n) is 2.97. The fourth-order valence-corrected chi connectivity index (χ4v) is 2.97. The minimum absolute atomic E-state index is 0.460. The summed E-state index contributed by atoms with van der Waals surface area (Å²) in [5.74, 6) is 0.927. The molecule has 1 aromatic carbocycles. The van der Waals surface area contributed by atoms with Gasteiger partial charge in [0.25, 0.3) is 0 Å². The summed E-state index contributed by atoms with van der Waals surface area (Å²) >= 11 is 0. The van der Waals surface area contributed by atoms with Crippen molar-refractivity contribution < 1.29 is 9.47 Å². The summed E-state index contributed by atoms with van der Waals surface area (Å²) in [4.78, 5) is 0. The molecule has 0 amide bonds. The zero-order valence-corrected chi connectivity index (χ0v) is 12.9. The molecule has 1 saturated carbocycles. The second-order valence-corrected chi connectivity index (χ2v) is 5.82. The smallest absolute Gasteiger partial charge is 0.118 e. The molecule has 3 atom stereocenters. The molecule has 1 fully saturated rings. The van der Waals surface area contributed by atoms with Gasteiger partial charge in [-0.15, -0.1) is 0 Å². The van der Waals surface area contributed by atoms with Crippen LogP contribution in [0.4, 0.5) is 0 Å². The van der Waals surface area contributed by atoms with Crippen molar-refractivity contribution >= 4 is 0 Å². The van der Waals surface area contributed by atoms with E-state index in [1.165, 1.54) is 24.8 Å². The van der Waals surface area contributed by atoms with E-state index >= 15 is 0 Å². The lowest BCUT2D eigenvalue weighted by Gasteiger charge is -2.19. The van der Waals surface area contributed by atoms with Crippen molar-refractivity contribution in [3.63, 3.8) is 0 Å². The molecule has 1 aromatic rings. The zero-order chi connectivity index (χ0) is 14.4. The van der Waals surface area contributed by atoms with Crippen LogP contribution in [0.15, 0.2) is 24.3 Å². The molecular weight excluding hydrogens is 250 g/mol. The van der Waals surface area contributed by atoms with Crippen LogP contribution in [-0.4, -0.2) is 32.4 Å². The van der Waals surface area contributed by atoms with Crippen LogP contribution in [0.3, 0.4) is 0 Å². The van der Waals surface area contributed by atoms with Crippen LogP contribution in [0.5, 0.6) is 5.75 Å². The SMILES string of the molecule is COc1ccc(CCC(C)NC2CCC(OC)C2)cc1.